The van der Waals surface area contributed by atoms with E-state index in [1.54, 1.807) is 24.9 Å². The van der Waals surface area contributed by atoms with Crippen LogP contribution in [0.25, 0.3) is 11.0 Å². The van der Waals surface area contributed by atoms with E-state index >= 15 is 0 Å². The lowest BCUT2D eigenvalue weighted by atomic mass is 10.2. The van der Waals surface area contributed by atoms with Crippen LogP contribution in [-0.2, 0) is 11.8 Å². The third-order valence-electron chi connectivity index (χ3n) is 2.84. The molecule has 0 aliphatic rings. The fourth-order valence-electron chi connectivity index (χ4n) is 1.83. The van der Waals surface area contributed by atoms with Gasteiger partial charge in [0.15, 0.2) is 5.65 Å². The molecule has 0 saturated carbocycles. The molecule has 1 unspecified atom stereocenters. The zero-order valence-electron chi connectivity index (χ0n) is 10.5. The summed E-state index contributed by atoms with van der Waals surface area (Å²) in [5.74, 6) is -0.587. The molecule has 2 aromatic rings. The lowest BCUT2D eigenvalue weighted by Gasteiger charge is -2.20. The first-order valence-electron chi connectivity index (χ1n) is 5.57. The second-order valence-corrected chi connectivity index (χ2v) is 4.32. The summed E-state index contributed by atoms with van der Waals surface area (Å²) in [6.07, 6.45) is 3.15. The number of anilines is 1. The number of nitrogens with zero attached hydrogens (tertiary/aromatic N) is 5. The molecule has 0 aliphatic carbocycles. The van der Waals surface area contributed by atoms with E-state index in [1.807, 2.05) is 11.9 Å². The van der Waals surface area contributed by atoms with Crippen LogP contribution in [-0.4, -0.2) is 44.4 Å². The lowest BCUT2D eigenvalue weighted by molar-refractivity contribution is -0.140. The molecule has 1 atom stereocenters. The first-order chi connectivity index (χ1) is 8.50. The number of aromatic nitrogens is 4. The Kier molecular flexibility index (Phi) is 3.14. The van der Waals surface area contributed by atoms with Crippen LogP contribution < -0.4 is 4.90 Å². The van der Waals surface area contributed by atoms with E-state index in [0.29, 0.717) is 12.4 Å². The molecule has 0 bridgehead atoms. The van der Waals surface area contributed by atoms with Crippen molar-refractivity contribution in [3.05, 3.63) is 12.5 Å². The molecule has 0 radical (unpaired) electrons. The molecule has 0 fully saturated rings. The van der Waals surface area contributed by atoms with Gasteiger partial charge in [-0.25, -0.2) is 9.97 Å². The Balaban J connectivity index is 2.33. The largest absolute Gasteiger partial charge is 0.481 e. The predicted molar refractivity (Wildman–Crippen MR) is 66.4 cm³/mol. The normalized spacial score (nSPS) is 12.6. The van der Waals surface area contributed by atoms with Crippen LogP contribution >= 0.6 is 0 Å². The van der Waals surface area contributed by atoms with E-state index in [9.17, 15) is 4.79 Å². The SMILES string of the molecule is CC(CN(C)c1ncnc2c1cnn2C)C(=O)O. The standard InChI is InChI=1S/C11H15N5O2/c1-7(11(17)18)5-15(2)9-8-4-14-16(3)10(8)13-6-12-9/h4,6-7H,5H2,1-3H3,(H,17,18). The fraction of sp³-hybridized carbons (Fsp3) is 0.455. The molecule has 7 heteroatoms. The Morgan fingerprint density at radius 3 is 2.94 bits per heavy atom. The van der Waals surface area contributed by atoms with Crippen LogP contribution in [0.1, 0.15) is 6.92 Å². The van der Waals surface area contributed by atoms with Crippen LogP contribution in [0.4, 0.5) is 5.82 Å². The summed E-state index contributed by atoms with van der Waals surface area (Å²) in [6, 6.07) is 0. The van der Waals surface area contributed by atoms with Gasteiger partial charge in [0, 0.05) is 20.6 Å². The van der Waals surface area contributed by atoms with E-state index in [-0.39, 0.29) is 0 Å². The Hall–Kier alpha value is -2.18. The minimum Gasteiger partial charge on any atom is -0.481 e. The number of aliphatic carboxylic acids is 1. The maximum Gasteiger partial charge on any atom is 0.308 e. The Bertz CT molecular complexity index is 580. The average molecular weight is 249 g/mol. The van der Waals surface area contributed by atoms with Gasteiger partial charge in [-0.15, -0.1) is 0 Å². The number of rotatable bonds is 4. The summed E-state index contributed by atoms with van der Waals surface area (Å²) < 4.78 is 1.66. The molecule has 96 valence electrons. The molecule has 1 N–H and O–H groups in total. The smallest absolute Gasteiger partial charge is 0.308 e. The third kappa shape index (κ3) is 2.11. The van der Waals surface area contributed by atoms with E-state index in [1.165, 1.54) is 6.33 Å². The van der Waals surface area contributed by atoms with Crippen molar-refractivity contribution in [2.75, 3.05) is 18.5 Å². The van der Waals surface area contributed by atoms with Gasteiger partial charge >= 0.3 is 5.97 Å². The summed E-state index contributed by atoms with van der Waals surface area (Å²) in [4.78, 5) is 21.0. The Morgan fingerprint density at radius 2 is 2.28 bits per heavy atom. The first kappa shape index (κ1) is 12.3. The number of carbonyl (C=O) groups is 1. The highest BCUT2D eigenvalue weighted by molar-refractivity contribution is 5.86. The monoisotopic (exact) mass is 249 g/mol. The molecule has 2 heterocycles. The molecule has 2 rings (SSSR count). The molecular formula is C11H15N5O2. The van der Waals surface area contributed by atoms with Crippen molar-refractivity contribution in [1.29, 1.82) is 0 Å². The van der Waals surface area contributed by atoms with Gasteiger partial charge in [-0.1, -0.05) is 6.92 Å². The van der Waals surface area contributed by atoms with Gasteiger partial charge in [0.2, 0.25) is 0 Å². The topological polar surface area (TPSA) is 84.1 Å². The van der Waals surface area contributed by atoms with Crippen molar-refractivity contribution in [2.45, 2.75) is 6.92 Å². The summed E-state index contributed by atoms with van der Waals surface area (Å²) in [5.41, 5.74) is 0.731. The molecule has 0 saturated heterocycles. The molecule has 0 spiro atoms. The Labute approximate surface area is 104 Å². The molecular weight excluding hydrogens is 234 g/mol. The van der Waals surface area contributed by atoms with Gasteiger partial charge in [0.1, 0.15) is 12.1 Å². The minimum atomic E-state index is -0.821. The number of carboxylic acid groups (broad SMARTS) is 1. The van der Waals surface area contributed by atoms with Gasteiger partial charge in [-0.3, -0.25) is 9.48 Å². The fourth-order valence-corrected chi connectivity index (χ4v) is 1.83. The number of hydrogen-bond acceptors (Lipinski definition) is 5. The molecule has 7 nitrogen and oxygen atoms in total. The minimum absolute atomic E-state index is 0.385. The molecule has 0 aromatic carbocycles. The molecule has 0 aliphatic heterocycles. The van der Waals surface area contributed by atoms with Crippen LogP contribution in [0.3, 0.4) is 0 Å². The highest BCUT2D eigenvalue weighted by Gasteiger charge is 2.17. The zero-order chi connectivity index (χ0) is 13.3. The second-order valence-electron chi connectivity index (χ2n) is 4.32. The number of fused-ring (bicyclic) bond motifs is 1. The summed E-state index contributed by atoms with van der Waals surface area (Å²) >= 11 is 0. The number of carboxylic acids is 1. The quantitative estimate of drug-likeness (QED) is 0.850. The van der Waals surface area contributed by atoms with E-state index in [2.05, 4.69) is 15.1 Å². The third-order valence-corrected chi connectivity index (χ3v) is 2.84. The molecule has 0 amide bonds. The van der Waals surface area contributed by atoms with Crippen molar-refractivity contribution in [3.63, 3.8) is 0 Å². The van der Waals surface area contributed by atoms with Crippen molar-refractivity contribution >= 4 is 22.8 Å². The van der Waals surface area contributed by atoms with Crippen molar-refractivity contribution in [1.82, 2.24) is 19.7 Å². The van der Waals surface area contributed by atoms with Crippen molar-refractivity contribution in [3.8, 4) is 0 Å². The van der Waals surface area contributed by atoms with Crippen molar-refractivity contribution < 1.29 is 9.90 Å². The van der Waals surface area contributed by atoms with E-state index in [4.69, 9.17) is 5.11 Å². The predicted octanol–water partition coefficient (Wildman–Crippen LogP) is 0.520. The lowest BCUT2D eigenvalue weighted by Crippen LogP contribution is -2.29. The maximum absolute atomic E-state index is 10.9. The zero-order valence-corrected chi connectivity index (χ0v) is 10.5. The van der Waals surface area contributed by atoms with Gasteiger partial charge in [-0.2, -0.15) is 5.10 Å². The van der Waals surface area contributed by atoms with Crippen molar-refractivity contribution in [2.24, 2.45) is 13.0 Å². The van der Waals surface area contributed by atoms with Crippen LogP contribution in [0.2, 0.25) is 0 Å². The maximum atomic E-state index is 10.9. The van der Waals surface area contributed by atoms with Gasteiger partial charge in [0.25, 0.3) is 0 Å². The number of aryl methyl sites for hydroxylation is 1. The summed E-state index contributed by atoms with van der Waals surface area (Å²) in [5, 5.41) is 13.9. The summed E-state index contributed by atoms with van der Waals surface area (Å²) in [7, 11) is 3.62. The highest BCUT2D eigenvalue weighted by atomic mass is 16.4. The Morgan fingerprint density at radius 1 is 1.56 bits per heavy atom. The average Bonchev–Trinajstić information content (AvgIpc) is 2.71. The van der Waals surface area contributed by atoms with E-state index in [0.717, 1.165) is 11.0 Å². The van der Waals surface area contributed by atoms with E-state index < -0.39 is 11.9 Å². The summed E-state index contributed by atoms with van der Waals surface area (Å²) in [6.45, 7) is 2.05. The first-order valence-corrected chi connectivity index (χ1v) is 5.57. The molecule has 2 aromatic heterocycles. The van der Waals surface area contributed by atoms with Crippen LogP contribution in [0.15, 0.2) is 12.5 Å². The highest BCUT2D eigenvalue weighted by Crippen LogP contribution is 2.21. The number of hydrogen-bond donors (Lipinski definition) is 1. The second kappa shape index (κ2) is 4.59. The van der Waals surface area contributed by atoms with Gasteiger partial charge in [-0.05, 0) is 0 Å². The van der Waals surface area contributed by atoms with Crippen LogP contribution in [0, 0.1) is 5.92 Å². The van der Waals surface area contributed by atoms with Crippen LogP contribution in [0.5, 0.6) is 0 Å². The van der Waals surface area contributed by atoms with Gasteiger partial charge in [0.05, 0.1) is 17.5 Å². The molecule has 18 heavy (non-hydrogen) atoms. The van der Waals surface area contributed by atoms with Gasteiger partial charge < -0.3 is 10.0 Å².